The highest BCUT2D eigenvalue weighted by Gasteiger charge is 2.50. The first-order valence-electron chi connectivity index (χ1n) is 8.12. The number of aliphatic hydroxyl groups is 1. The molecule has 0 radical (unpaired) electrons. The van der Waals surface area contributed by atoms with E-state index in [-0.39, 0.29) is 12.9 Å². The quantitative estimate of drug-likeness (QED) is 0.616. The van der Waals surface area contributed by atoms with E-state index in [9.17, 15) is 5.11 Å². The second kappa shape index (κ2) is 8.35. The fourth-order valence-electron chi connectivity index (χ4n) is 2.94. The lowest BCUT2D eigenvalue weighted by molar-refractivity contribution is -0.367. The molecule has 0 bridgehead atoms. The molecule has 0 spiro atoms. The Kier molecular flexibility index (Phi) is 6.18. The second-order valence-electron chi connectivity index (χ2n) is 5.69. The number of hydrogen-bond acceptors (Lipinski definition) is 7. The molecule has 2 fully saturated rings. The fraction of sp³-hybridized carbons (Fsp3) is 0.647. The van der Waals surface area contributed by atoms with Gasteiger partial charge >= 0.3 is 0 Å². The van der Waals surface area contributed by atoms with Crippen LogP contribution in [0.3, 0.4) is 0 Å². The van der Waals surface area contributed by atoms with E-state index < -0.39 is 30.9 Å². The average molecular weight is 340 g/mol. The van der Waals surface area contributed by atoms with Crippen molar-refractivity contribution >= 4 is 0 Å². The van der Waals surface area contributed by atoms with Crippen LogP contribution in [0.15, 0.2) is 30.3 Å². The molecule has 2 aliphatic rings. The largest absolute Gasteiger partial charge is 0.385 e. The predicted molar refractivity (Wildman–Crippen MR) is 83.1 cm³/mol. The van der Waals surface area contributed by atoms with Crippen LogP contribution in [0.4, 0.5) is 0 Å². The molecule has 0 amide bonds. The number of ether oxygens (including phenoxy) is 6. The molecular weight excluding hydrogens is 316 g/mol. The molecule has 6 atom stereocenters. The maximum Gasteiger partial charge on any atom is 0.186 e. The van der Waals surface area contributed by atoms with E-state index in [1.807, 2.05) is 37.3 Å². The van der Waals surface area contributed by atoms with E-state index in [4.69, 9.17) is 28.4 Å². The Hall–Kier alpha value is -1.06. The summed E-state index contributed by atoms with van der Waals surface area (Å²) in [5, 5.41) is 10.5. The molecule has 2 aliphatic heterocycles. The summed E-state index contributed by atoms with van der Waals surface area (Å²) in [7, 11) is 1.48. The van der Waals surface area contributed by atoms with Crippen molar-refractivity contribution in [2.24, 2.45) is 0 Å². The van der Waals surface area contributed by atoms with Gasteiger partial charge in [-0.1, -0.05) is 30.3 Å². The van der Waals surface area contributed by atoms with Crippen LogP contribution in [-0.2, 0) is 28.4 Å². The van der Waals surface area contributed by atoms with Gasteiger partial charge in [-0.3, -0.25) is 0 Å². The van der Waals surface area contributed by atoms with Gasteiger partial charge in [0.05, 0.1) is 6.61 Å². The molecule has 0 saturated carbocycles. The molecule has 7 heteroatoms. The van der Waals surface area contributed by atoms with Gasteiger partial charge < -0.3 is 33.5 Å². The van der Waals surface area contributed by atoms with Gasteiger partial charge in [0.25, 0.3) is 0 Å². The SMILES string of the molecule is CCOCO[C@@H]1[C@@H](O)[C@H](OC)O[C@@H]2CO[C@@H](c3ccccc3)O[C@@H]12. The lowest BCUT2D eigenvalue weighted by atomic mass is 9.97. The summed E-state index contributed by atoms with van der Waals surface area (Å²) in [5.41, 5.74) is 0.905. The van der Waals surface area contributed by atoms with E-state index in [1.165, 1.54) is 7.11 Å². The highest BCUT2D eigenvalue weighted by atomic mass is 16.8. The summed E-state index contributed by atoms with van der Waals surface area (Å²) in [4.78, 5) is 0. The number of hydrogen-bond donors (Lipinski definition) is 1. The number of fused-ring (bicyclic) bond motifs is 1. The zero-order valence-electron chi connectivity index (χ0n) is 13.9. The standard InChI is InChI=1S/C17H24O7/c1-3-20-10-22-15-13(18)17(19-2)23-12-9-21-16(24-14(12)15)11-7-5-4-6-8-11/h4-8,12-18H,3,9-10H2,1-2H3/t12-,13-,14-,15-,16-,17-/m1/s1. The van der Waals surface area contributed by atoms with Gasteiger partial charge in [0.15, 0.2) is 12.6 Å². The number of aliphatic hydroxyl groups excluding tert-OH is 1. The minimum atomic E-state index is -0.980. The first-order chi connectivity index (χ1) is 11.7. The maximum absolute atomic E-state index is 10.5. The first-order valence-corrected chi connectivity index (χ1v) is 8.12. The molecule has 2 saturated heterocycles. The Balaban J connectivity index is 1.73. The second-order valence-corrected chi connectivity index (χ2v) is 5.69. The van der Waals surface area contributed by atoms with Crippen LogP contribution in [0.1, 0.15) is 18.8 Å². The first kappa shape index (κ1) is 17.8. The lowest BCUT2D eigenvalue weighted by Gasteiger charge is -2.47. The van der Waals surface area contributed by atoms with Crippen molar-refractivity contribution in [3.63, 3.8) is 0 Å². The van der Waals surface area contributed by atoms with Crippen molar-refractivity contribution < 1.29 is 33.5 Å². The molecule has 0 unspecified atom stereocenters. The van der Waals surface area contributed by atoms with Crippen LogP contribution in [-0.4, -0.2) is 62.9 Å². The number of methoxy groups -OCH3 is 1. The van der Waals surface area contributed by atoms with Crippen LogP contribution in [0.2, 0.25) is 0 Å². The monoisotopic (exact) mass is 340 g/mol. The summed E-state index contributed by atoms with van der Waals surface area (Å²) >= 11 is 0. The molecule has 0 aliphatic carbocycles. The van der Waals surface area contributed by atoms with Gasteiger partial charge in [-0.05, 0) is 6.92 Å². The summed E-state index contributed by atoms with van der Waals surface area (Å²) in [6, 6.07) is 9.63. The Bertz CT molecular complexity index is 497. The molecule has 7 nitrogen and oxygen atoms in total. The number of benzene rings is 1. The molecule has 0 aromatic heterocycles. The van der Waals surface area contributed by atoms with Crippen molar-refractivity contribution in [1.82, 2.24) is 0 Å². The van der Waals surface area contributed by atoms with E-state index >= 15 is 0 Å². The van der Waals surface area contributed by atoms with Crippen LogP contribution < -0.4 is 0 Å². The zero-order chi connectivity index (χ0) is 16.9. The van der Waals surface area contributed by atoms with E-state index in [1.54, 1.807) is 0 Å². The Morgan fingerprint density at radius 1 is 1.21 bits per heavy atom. The van der Waals surface area contributed by atoms with Crippen molar-refractivity contribution in [2.75, 3.05) is 27.1 Å². The minimum Gasteiger partial charge on any atom is -0.385 e. The third-order valence-corrected chi connectivity index (χ3v) is 4.16. The molecule has 1 aromatic carbocycles. The van der Waals surface area contributed by atoms with Crippen molar-refractivity contribution in [3.8, 4) is 0 Å². The molecule has 24 heavy (non-hydrogen) atoms. The smallest absolute Gasteiger partial charge is 0.186 e. The summed E-state index contributed by atoms with van der Waals surface area (Å²) in [5.74, 6) is 0. The normalized spacial score (nSPS) is 36.3. The molecule has 134 valence electrons. The van der Waals surface area contributed by atoms with Crippen LogP contribution in [0.25, 0.3) is 0 Å². The highest BCUT2D eigenvalue weighted by molar-refractivity contribution is 5.16. The summed E-state index contributed by atoms with van der Waals surface area (Å²) in [6.45, 7) is 2.79. The van der Waals surface area contributed by atoms with Crippen LogP contribution in [0.5, 0.6) is 0 Å². The summed E-state index contributed by atoms with van der Waals surface area (Å²) in [6.07, 6.45) is -3.80. The Morgan fingerprint density at radius 3 is 2.71 bits per heavy atom. The average Bonchev–Trinajstić information content (AvgIpc) is 2.63. The fourth-order valence-corrected chi connectivity index (χ4v) is 2.94. The van der Waals surface area contributed by atoms with Crippen molar-refractivity contribution in [3.05, 3.63) is 35.9 Å². The van der Waals surface area contributed by atoms with Gasteiger partial charge in [0.1, 0.15) is 31.2 Å². The molecular formula is C17H24O7. The van der Waals surface area contributed by atoms with Gasteiger partial charge in [-0.25, -0.2) is 0 Å². The van der Waals surface area contributed by atoms with Gasteiger partial charge in [-0.2, -0.15) is 0 Å². The van der Waals surface area contributed by atoms with Crippen molar-refractivity contribution in [1.29, 1.82) is 0 Å². The van der Waals surface area contributed by atoms with Gasteiger partial charge in [0.2, 0.25) is 0 Å². The highest BCUT2D eigenvalue weighted by Crippen LogP contribution is 2.35. The third-order valence-electron chi connectivity index (χ3n) is 4.16. The summed E-state index contributed by atoms with van der Waals surface area (Å²) < 4.78 is 33.7. The molecule has 2 heterocycles. The predicted octanol–water partition coefficient (Wildman–Crippen LogP) is 1.21. The van der Waals surface area contributed by atoms with Gasteiger partial charge in [0, 0.05) is 19.3 Å². The zero-order valence-corrected chi connectivity index (χ0v) is 13.9. The van der Waals surface area contributed by atoms with Gasteiger partial charge in [-0.15, -0.1) is 0 Å². The molecule has 1 aromatic rings. The van der Waals surface area contributed by atoms with E-state index in [2.05, 4.69) is 0 Å². The van der Waals surface area contributed by atoms with Crippen LogP contribution >= 0.6 is 0 Å². The van der Waals surface area contributed by atoms with Crippen molar-refractivity contribution in [2.45, 2.75) is 43.9 Å². The minimum absolute atomic E-state index is 0.0676. The third kappa shape index (κ3) is 3.78. The number of rotatable bonds is 6. The molecule has 1 N–H and O–H groups in total. The lowest BCUT2D eigenvalue weighted by Crippen LogP contribution is -2.63. The van der Waals surface area contributed by atoms with E-state index in [0.29, 0.717) is 13.2 Å². The topological polar surface area (TPSA) is 75.6 Å². The Labute approximate surface area is 141 Å². The van der Waals surface area contributed by atoms with Crippen LogP contribution in [0, 0.1) is 0 Å². The Morgan fingerprint density at radius 2 is 2.00 bits per heavy atom. The molecule has 3 rings (SSSR count). The maximum atomic E-state index is 10.5. The van der Waals surface area contributed by atoms with E-state index in [0.717, 1.165) is 5.56 Å².